The SMILES string of the molecule is CCC/C=C/C(=O)CCc1cc(OC2CCCC2)c(O)c2c1C#C[C@@H]1[C@@H](CCCO)C#CC[C@@H](C)CC[C@@H]2[C@@H](COC)CC[C@@H]1N=C(N)N. The molecule has 0 amide bonds. The molecule has 0 radical (unpaired) electrons. The van der Waals surface area contributed by atoms with Crippen LogP contribution >= 0.6 is 0 Å². The van der Waals surface area contributed by atoms with Crippen LogP contribution in [0.5, 0.6) is 11.5 Å². The van der Waals surface area contributed by atoms with E-state index in [9.17, 15) is 15.0 Å². The van der Waals surface area contributed by atoms with Crippen LogP contribution < -0.4 is 16.2 Å². The van der Waals surface area contributed by atoms with E-state index in [0.29, 0.717) is 50.4 Å². The predicted molar refractivity (Wildman–Crippen MR) is 196 cm³/mol. The zero-order valence-corrected chi connectivity index (χ0v) is 30.0. The number of aliphatic hydroxyl groups excluding tert-OH is 1. The summed E-state index contributed by atoms with van der Waals surface area (Å²) in [4.78, 5) is 17.8. The molecular formula is C41H59N3O5. The highest BCUT2D eigenvalue weighted by atomic mass is 16.5. The van der Waals surface area contributed by atoms with Crippen molar-refractivity contribution < 1.29 is 24.5 Å². The van der Waals surface area contributed by atoms with Crippen molar-refractivity contribution in [3.8, 4) is 35.2 Å². The quantitative estimate of drug-likeness (QED) is 0.0762. The Hall–Kier alpha value is -3.46. The van der Waals surface area contributed by atoms with Gasteiger partial charge in [0.1, 0.15) is 0 Å². The number of phenolic OH excluding ortho intramolecular Hbond substituents is 1. The number of aryl methyl sites for hydroxylation is 1. The minimum absolute atomic E-state index is 0.0163. The number of carbonyl (C=O) groups is 1. The molecule has 1 saturated carbocycles. The molecule has 1 fully saturated rings. The summed E-state index contributed by atoms with van der Waals surface area (Å²) in [6.07, 6.45) is 15.7. The maximum atomic E-state index is 13.0. The number of unbranched alkanes of at least 4 members (excludes halogenated alkanes) is 1. The van der Waals surface area contributed by atoms with Crippen molar-refractivity contribution >= 4 is 11.7 Å². The first-order valence-electron chi connectivity index (χ1n) is 18.7. The second-order valence-corrected chi connectivity index (χ2v) is 14.3. The highest BCUT2D eigenvalue weighted by molar-refractivity contribution is 5.89. The van der Waals surface area contributed by atoms with E-state index >= 15 is 0 Å². The van der Waals surface area contributed by atoms with Gasteiger partial charge in [-0.05, 0) is 113 Å². The van der Waals surface area contributed by atoms with Crippen LogP contribution in [-0.4, -0.2) is 54.4 Å². The second-order valence-electron chi connectivity index (χ2n) is 14.3. The summed E-state index contributed by atoms with van der Waals surface area (Å²) in [5.74, 6) is 14.7. The van der Waals surface area contributed by atoms with Crippen molar-refractivity contribution in [2.75, 3.05) is 20.3 Å². The Balaban J connectivity index is 1.99. The van der Waals surface area contributed by atoms with Gasteiger partial charge in [0.25, 0.3) is 0 Å². The summed E-state index contributed by atoms with van der Waals surface area (Å²) >= 11 is 0. The average molecular weight is 674 g/mol. The third-order valence-electron chi connectivity index (χ3n) is 10.4. The number of hydrogen-bond donors (Lipinski definition) is 4. The Labute approximate surface area is 294 Å². The molecule has 6 atom stereocenters. The summed E-state index contributed by atoms with van der Waals surface area (Å²) in [5, 5.41) is 22.1. The lowest BCUT2D eigenvalue weighted by Crippen LogP contribution is -2.33. The summed E-state index contributed by atoms with van der Waals surface area (Å²) in [7, 11) is 1.73. The summed E-state index contributed by atoms with van der Waals surface area (Å²) in [6, 6.07) is 1.63. The smallest absolute Gasteiger partial charge is 0.186 e. The van der Waals surface area contributed by atoms with Crippen LogP contribution in [0.15, 0.2) is 23.2 Å². The number of ketones is 1. The van der Waals surface area contributed by atoms with Gasteiger partial charge in [-0.1, -0.05) is 44.1 Å². The monoisotopic (exact) mass is 673 g/mol. The number of rotatable bonds is 14. The third kappa shape index (κ3) is 11.0. The molecule has 4 aliphatic rings. The van der Waals surface area contributed by atoms with Gasteiger partial charge in [0.15, 0.2) is 23.2 Å². The molecule has 5 rings (SSSR count). The number of aliphatic hydroxyl groups is 1. The zero-order valence-electron chi connectivity index (χ0n) is 30.0. The van der Waals surface area contributed by atoms with Gasteiger partial charge in [0, 0.05) is 50.2 Å². The van der Waals surface area contributed by atoms with Crippen molar-refractivity contribution in [2.45, 2.75) is 128 Å². The van der Waals surface area contributed by atoms with E-state index in [1.54, 1.807) is 13.2 Å². The molecule has 0 aliphatic heterocycles. The van der Waals surface area contributed by atoms with E-state index in [2.05, 4.69) is 37.5 Å². The minimum atomic E-state index is -0.312. The van der Waals surface area contributed by atoms with Gasteiger partial charge in [-0.2, -0.15) is 0 Å². The summed E-state index contributed by atoms with van der Waals surface area (Å²) < 4.78 is 12.5. The van der Waals surface area contributed by atoms with E-state index in [1.165, 1.54) is 0 Å². The molecule has 6 N–H and O–H groups in total. The fourth-order valence-electron chi connectivity index (χ4n) is 7.76. The molecule has 1 aromatic carbocycles. The highest BCUT2D eigenvalue weighted by Crippen LogP contribution is 2.47. The maximum absolute atomic E-state index is 13.0. The van der Waals surface area contributed by atoms with Gasteiger partial charge >= 0.3 is 0 Å². The second kappa shape index (κ2) is 19.7. The van der Waals surface area contributed by atoms with Crippen molar-refractivity contribution in [1.29, 1.82) is 0 Å². The molecule has 268 valence electrons. The molecule has 49 heavy (non-hydrogen) atoms. The van der Waals surface area contributed by atoms with Crippen LogP contribution in [-0.2, 0) is 16.0 Å². The number of hydrogen-bond acceptors (Lipinski definition) is 6. The summed E-state index contributed by atoms with van der Waals surface area (Å²) in [6.45, 7) is 4.89. The number of allylic oxidation sites excluding steroid dienone is 2. The van der Waals surface area contributed by atoms with Crippen LogP contribution in [0.3, 0.4) is 0 Å². The van der Waals surface area contributed by atoms with E-state index < -0.39 is 0 Å². The zero-order chi connectivity index (χ0) is 35.2. The van der Waals surface area contributed by atoms with Crippen LogP contribution in [0.4, 0.5) is 0 Å². The number of methoxy groups -OCH3 is 1. The fourth-order valence-corrected chi connectivity index (χ4v) is 7.76. The molecule has 8 heteroatoms. The lowest BCUT2D eigenvalue weighted by molar-refractivity contribution is -0.114. The van der Waals surface area contributed by atoms with Crippen LogP contribution in [0, 0.1) is 47.4 Å². The molecular weight excluding hydrogens is 614 g/mol. The Morgan fingerprint density at radius 2 is 1.92 bits per heavy atom. The van der Waals surface area contributed by atoms with E-state index in [-0.39, 0.29) is 59.9 Å². The standard InChI is InChI=1S/C41H59N3O5/c1-4-5-6-14-32(46)20-18-30-26-38(49-33-15-7-8-16-33)40(47)39-35(30)23-22-34-29(13-10-25-45)12-9-11-28(2)17-21-36(39)31(27-48-3)19-24-37(34)44-41(42)43/h6,14,26,28-29,31,33-34,36-37,45,47H,4-5,7-8,10-11,13,15-21,24-25,27H2,1-3H3,(H4,42,43,44)/b14-6+/t28-,29-,31-,34-,36-,37+/m1/s1. The van der Waals surface area contributed by atoms with Crippen molar-refractivity contribution in [3.05, 3.63) is 34.9 Å². The van der Waals surface area contributed by atoms with Crippen LogP contribution in [0.1, 0.15) is 126 Å². The first-order chi connectivity index (χ1) is 23.7. The Bertz CT molecular complexity index is 1420. The van der Waals surface area contributed by atoms with Crippen molar-refractivity contribution in [2.24, 2.45) is 40.1 Å². The van der Waals surface area contributed by atoms with E-state index in [0.717, 1.165) is 80.9 Å². The highest BCUT2D eigenvalue weighted by Gasteiger charge is 2.35. The molecule has 0 spiro atoms. The maximum Gasteiger partial charge on any atom is 0.186 e. The number of fused-ring (bicyclic) bond motifs is 8. The predicted octanol–water partition coefficient (Wildman–Crippen LogP) is 6.53. The molecule has 0 aromatic heterocycles. The largest absolute Gasteiger partial charge is 0.504 e. The van der Waals surface area contributed by atoms with Gasteiger partial charge in [0.05, 0.1) is 18.1 Å². The first kappa shape index (κ1) is 38.3. The fraction of sp³-hybridized carbons (Fsp3) is 0.659. The number of aromatic hydroxyl groups is 1. The molecule has 0 saturated heterocycles. The molecule has 1 aromatic rings. The van der Waals surface area contributed by atoms with Crippen molar-refractivity contribution in [3.63, 3.8) is 0 Å². The average Bonchev–Trinajstić information content (AvgIpc) is 3.59. The Morgan fingerprint density at radius 1 is 1.12 bits per heavy atom. The minimum Gasteiger partial charge on any atom is -0.504 e. The number of nitrogens with zero attached hydrogens (tertiary/aromatic N) is 1. The number of benzene rings is 1. The van der Waals surface area contributed by atoms with Crippen LogP contribution in [0.25, 0.3) is 0 Å². The molecule has 2 bridgehead atoms. The van der Waals surface area contributed by atoms with E-state index in [1.807, 2.05) is 12.1 Å². The molecule has 0 heterocycles. The van der Waals surface area contributed by atoms with Crippen molar-refractivity contribution in [1.82, 2.24) is 0 Å². The number of ether oxygens (including phenoxy) is 2. The van der Waals surface area contributed by atoms with Gasteiger partial charge in [-0.3, -0.25) is 4.79 Å². The van der Waals surface area contributed by atoms with Gasteiger partial charge < -0.3 is 31.2 Å². The summed E-state index contributed by atoms with van der Waals surface area (Å²) in [5.41, 5.74) is 14.5. The Morgan fingerprint density at radius 3 is 2.63 bits per heavy atom. The lowest BCUT2D eigenvalue weighted by Gasteiger charge is -2.33. The first-order valence-corrected chi connectivity index (χ1v) is 18.7. The van der Waals surface area contributed by atoms with Crippen LogP contribution in [0.2, 0.25) is 0 Å². The van der Waals surface area contributed by atoms with E-state index in [4.69, 9.17) is 25.9 Å². The van der Waals surface area contributed by atoms with Gasteiger partial charge in [-0.15, -0.1) is 5.92 Å². The van der Waals surface area contributed by atoms with Gasteiger partial charge in [-0.25, -0.2) is 4.99 Å². The number of carbonyl (C=O) groups excluding carboxylic acids is 1. The number of phenols is 1. The number of nitrogens with two attached hydrogens (primary N) is 2. The molecule has 0 unspecified atom stereocenters. The number of guanidine groups is 1. The topological polar surface area (TPSA) is 140 Å². The Kier molecular flexibility index (Phi) is 15.4. The molecule has 8 nitrogen and oxygen atoms in total. The normalized spacial score (nSPS) is 25.7. The third-order valence-corrected chi connectivity index (χ3v) is 10.4. The lowest BCUT2D eigenvalue weighted by atomic mass is 9.73. The number of aliphatic imine (C=N–C) groups is 1. The molecule has 4 aliphatic carbocycles. The van der Waals surface area contributed by atoms with Gasteiger partial charge in [0.2, 0.25) is 0 Å².